The largest absolute Gasteiger partial charge is 0.478 e. The minimum absolute atomic E-state index is 0.275. The summed E-state index contributed by atoms with van der Waals surface area (Å²) in [6.45, 7) is 0. The van der Waals surface area contributed by atoms with Gasteiger partial charge in [-0.05, 0) is 46.2 Å². The number of hydrogen-bond acceptors (Lipinski definition) is 4. The summed E-state index contributed by atoms with van der Waals surface area (Å²) >= 11 is 3.07. The van der Waals surface area contributed by atoms with Gasteiger partial charge in [0.2, 0.25) is 0 Å². The molecule has 25 heavy (non-hydrogen) atoms. The van der Waals surface area contributed by atoms with E-state index in [1.165, 1.54) is 23.5 Å². The molecule has 0 atom stereocenters. The Hall–Kier alpha value is -2.44. The number of hydrogen-bond donors (Lipinski definition) is 2. The van der Waals surface area contributed by atoms with E-state index in [4.69, 9.17) is 10.2 Å². The van der Waals surface area contributed by atoms with Crippen LogP contribution in [0.25, 0.3) is 12.2 Å². The van der Waals surface area contributed by atoms with E-state index in [0.29, 0.717) is 11.1 Å². The van der Waals surface area contributed by atoms with Gasteiger partial charge >= 0.3 is 11.9 Å². The molecule has 0 saturated carbocycles. The highest BCUT2D eigenvalue weighted by atomic mass is 32.2. The molecular formula is C19H16O4S2. The van der Waals surface area contributed by atoms with E-state index in [0.717, 1.165) is 5.08 Å². The lowest BCUT2D eigenvalue weighted by atomic mass is 10.1. The van der Waals surface area contributed by atoms with Gasteiger partial charge in [-0.1, -0.05) is 36.4 Å². The van der Waals surface area contributed by atoms with Crippen LogP contribution >= 0.6 is 23.5 Å². The van der Waals surface area contributed by atoms with E-state index in [-0.39, 0.29) is 11.1 Å². The summed E-state index contributed by atoms with van der Waals surface area (Å²) in [4.78, 5) is 22.2. The quantitative estimate of drug-likeness (QED) is 0.493. The second-order valence-corrected chi connectivity index (χ2v) is 7.00. The molecule has 0 radical (unpaired) electrons. The van der Waals surface area contributed by atoms with Gasteiger partial charge in [0.25, 0.3) is 0 Å². The topological polar surface area (TPSA) is 74.6 Å². The first-order valence-corrected chi connectivity index (χ1v) is 9.40. The normalized spacial score (nSPS) is 11.2. The summed E-state index contributed by atoms with van der Waals surface area (Å²) in [5.74, 6) is -1.89. The molecule has 0 bridgehead atoms. The van der Waals surface area contributed by atoms with E-state index in [2.05, 4.69) is 0 Å². The Labute approximate surface area is 154 Å². The van der Waals surface area contributed by atoms with Crippen LogP contribution in [0.4, 0.5) is 0 Å². The minimum atomic E-state index is -0.945. The first-order valence-electron chi connectivity index (χ1n) is 7.30. The van der Waals surface area contributed by atoms with Crippen LogP contribution in [-0.2, 0) is 0 Å². The van der Waals surface area contributed by atoms with Gasteiger partial charge in [0, 0.05) is 5.08 Å². The maximum absolute atomic E-state index is 11.1. The third-order valence-corrected chi connectivity index (χ3v) is 4.95. The van der Waals surface area contributed by atoms with E-state index >= 15 is 0 Å². The zero-order valence-electron chi connectivity index (χ0n) is 13.2. The smallest absolute Gasteiger partial charge is 0.336 e. The third kappa shape index (κ3) is 5.85. The van der Waals surface area contributed by atoms with Crippen LogP contribution in [0.15, 0.2) is 59.3 Å². The highest BCUT2D eigenvalue weighted by Gasteiger charge is 2.06. The van der Waals surface area contributed by atoms with Gasteiger partial charge in [0.05, 0.1) is 11.1 Å². The fourth-order valence-electron chi connectivity index (χ4n) is 2.03. The Kier molecular flexibility index (Phi) is 7.37. The molecule has 0 saturated heterocycles. The fraction of sp³-hybridized carbons (Fsp3) is 0.0526. The highest BCUT2D eigenvalue weighted by molar-refractivity contribution is 8.18. The Morgan fingerprint density at radius 3 is 1.56 bits per heavy atom. The number of carbonyl (C=O) groups is 2. The van der Waals surface area contributed by atoms with Crippen molar-refractivity contribution < 1.29 is 19.8 Å². The van der Waals surface area contributed by atoms with Crippen molar-refractivity contribution in [2.45, 2.75) is 0 Å². The molecule has 2 rings (SSSR count). The lowest BCUT2D eigenvalue weighted by molar-refractivity contribution is 0.0686. The van der Waals surface area contributed by atoms with Crippen LogP contribution in [0.2, 0.25) is 0 Å². The molecule has 0 fully saturated rings. The molecule has 2 aromatic rings. The third-order valence-electron chi connectivity index (χ3n) is 3.21. The molecule has 0 aliphatic rings. The van der Waals surface area contributed by atoms with Crippen molar-refractivity contribution in [3.05, 3.63) is 81.6 Å². The Morgan fingerprint density at radius 2 is 1.16 bits per heavy atom. The summed E-state index contributed by atoms with van der Waals surface area (Å²) < 4.78 is 0. The van der Waals surface area contributed by atoms with Gasteiger partial charge in [-0.3, -0.25) is 0 Å². The van der Waals surface area contributed by atoms with Crippen molar-refractivity contribution in [2.75, 3.05) is 5.08 Å². The van der Waals surface area contributed by atoms with E-state index in [1.807, 2.05) is 10.8 Å². The van der Waals surface area contributed by atoms with Crippen LogP contribution in [-0.4, -0.2) is 27.2 Å². The van der Waals surface area contributed by atoms with Crippen molar-refractivity contribution in [1.82, 2.24) is 0 Å². The number of thioether (sulfide) groups is 2. The van der Waals surface area contributed by atoms with Crippen molar-refractivity contribution in [3.8, 4) is 0 Å². The second-order valence-electron chi connectivity index (χ2n) is 4.84. The zero-order valence-corrected chi connectivity index (χ0v) is 14.8. The van der Waals surface area contributed by atoms with Crippen LogP contribution in [0, 0.1) is 0 Å². The predicted octanol–water partition coefficient (Wildman–Crippen LogP) is 5.15. The molecule has 2 N–H and O–H groups in total. The molecule has 0 amide bonds. The molecule has 0 heterocycles. The lowest BCUT2D eigenvalue weighted by Gasteiger charge is -2.00. The van der Waals surface area contributed by atoms with Crippen LogP contribution in [0.3, 0.4) is 0 Å². The minimum Gasteiger partial charge on any atom is -0.478 e. The number of carboxylic acid groups (broad SMARTS) is 2. The molecule has 4 nitrogen and oxygen atoms in total. The van der Waals surface area contributed by atoms with Gasteiger partial charge in [0.1, 0.15) is 0 Å². The van der Waals surface area contributed by atoms with Gasteiger partial charge in [-0.15, -0.1) is 23.5 Å². The van der Waals surface area contributed by atoms with Crippen molar-refractivity contribution in [2.24, 2.45) is 0 Å². The molecule has 2 aromatic carbocycles. The summed E-state index contributed by atoms with van der Waals surface area (Å²) in [7, 11) is 0. The van der Waals surface area contributed by atoms with Gasteiger partial charge < -0.3 is 10.2 Å². The second kappa shape index (κ2) is 9.76. The average Bonchev–Trinajstić information content (AvgIpc) is 2.61. The van der Waals surface area contributed by atoms with Crippen LogP contribution in [0.1, 0.15) is 31.8 Å². The molecule has 6 heteroatoms. The Morgan fingerprint density at radius 1 is 0.760 bits per heavy atom. The average molecular weight is 372 g/mol. The number of carboxylic acids is 2. The van der Waals surface area contributed by atoms with Gasteiger partial charge in [0.15, 0.2) is 0 Å². The number of aromatic carboxylic acids is 2. The Balaban J connectivity index is 1.85. The first kappa shape index (κ1) is 18.9. The van der Waals surface area contributed by atoms with E-state index in [9.17, 15) is 9.59 Å². The van der Waals surface area contributed by atoms with Crippen LogP contribution < -0.4 is 0 Å². The molecule has 128 valence electrons. The van der Waals surface area contributed by atoms with E-state index in [1.54, 1.807) is 60.7 Å². The molecule has 0 spiro atoms. The van der Waals surface area contributed by atoms with Crippen LogP contribution in [0.5, 0.6) is 0 Å². The van der Waals surface area contributed by atoms with Crippen molar-refractivity contribution in [3.63, 3.8) is 0 Å². The molecule has 0 aliphatic carbocycles. The predicted molar refractivity (Wildman–Crippen MR) is 105 cm³/mol. The molecular weight excluding hydrogens is 356 g/mol. The first-order chi connectivity index (χ1) is 12.1. The Bertz CT molecular complexity index is 745. The lowest BCUT2D eigenvalue weighted by Crippen LogP contribution is -1.98. The molecule has 0 aliphatic heterocycles. The van der Waals surface area contributed by atoms with E-state index < -0.39 is 11.9 Å². The SMILES string of the molecule is O=C(O)c1ccccc1/C=C/SCS/C=C/c1ccccc1C(=O)O. The van der Waals surface area contributed by atoms with Gasteiger partial charge in [-0.2, -0.15) is 0 Å². The highest BCUT2D eigenvalue weighted by Crippen LogP contribution is 2.19. The van der Waals surface area contributed by atoms with Gasteiger partial charge in [-0.25, -0.2) is 9.59 Å². The summed E-state index contributed by atoms with van der Waals surface area (Å²) in [5.41, 5.74) is 1.88. The number of benzene rings is 2. The standard InChI is InChI=1S/C19H16O4S2/c20-18(21)16-7-3-1-5-14(16)9-11-24-13-25-12-10-15-6-2-4-8-17(15)19(22)23/h1-12H,13H2,(H,20,21)(H,22,23)/b11-9+,12-10+. The van der Waals surface area contributed by atoms with Crippen molar-refractivity contribution >= 4 is 47.6 Å². The zero-order chi connectivity index (χ0) is 18.1. The summed E-state index contributed by atoms with van der Waals surface area (Å²) in [6.07, 6.45) is 3.55. The monoisotopic (exact) mass is 372 g/mol. The summed E-state index contributed by atoms with van der Waals surface area (Å²) in [5, 5.41) is 22.7. The maximum atomic E-state index is 11.1. The number of rotatable bonds is 8. The summed E-state index contributed by atoms with van der Waals surface area (Å²) in [6, 6.07) is 13.7. The van der Waals surface area contributed by atoms with Crippen molar-refractivity contribution in [1.29, 1.82) is 0 Å². The fourth-order valence-corrected chi connectivity index (χ4v) is 3.46. The molecule has 0 aromatic heterocycles. The molecule has 0 unspecified atom stereocenters. The maximum Gasteiger partial charge on any atom is 0.336 e.